The second-order valence-corrected chi connectivity index (χ2v) is 6.42. The van der Waals surface area contributed by atoms with Crippen LogP contribution in [0.1, 0.15) is 29.8 Å². The van der Waals surface area contributed by atoms with Crippen molar-refractivity contribution >= 4 is 5.91 Å². The molecule has 0 spiro atoms. The Morgan fingerprint density at radius 2 is 2.08 bits per heavy atom. The van der Waals surface area contributed by atoms with Gasteiger partial charge in [0.1, 0.15) is 5.75 Å². The lowest BCUT2D eigenvalue weighted by Crippen LogP contribution is -2.42. The summed E-state index contributed by atoms with van der Waals surface area (Å²) in [5.74, 6) is 0.818. The number of carbonyl (C=O) groups excluding carboxylic acids is 1. The van der Waals surface area contributed by atoms with E-state index >= 15 is 0 Å². The Kier molecular flexibility index (Phi) is 5.38. The van der Waals surface area contributed by atoms with Crippen molar-refractivity contribution in [2.24, 2.45) is 7.05 Å². The molecule has 3 rings (SSSR count). The van der Waals surface area contributed by atoms with E-state index in [9.17, 15) is 4.79 Å². The molecule has 0 saturated carbocycles. The molecule has 0 saturated heterocycles. The van der Waals surface area contributed by atoms with Crippen LogP contribution < -0.4 is 4.74 Å². The van der Waals surface area contributed by atoms with Crippen LogP contribution in [0, 0.1) is 6.92 Å². The van der Waals surface area contributed by atoms with Gasteiger partial charge in [0.25, 0.3) is 5.91 Å². The number of hydrogen-bond donors (Lipinski definition) is 0. The van der Waals surface area contributed by atoms with E-state index < -0.39 is 0 Å². The van der Waals surface area contributed by atoms with E-state index in [2.05, 4.69) is 4.98 Å². The van der Waals surface area contributed by atoms with E-state index in [1.165, 1.54) is 0 Å². The number of carbonyl (C=O) groups is 1. The number of hydrogen-bond acceptors (Lipinski definition) is 4. The minimum atomic E-state index is -0.0293. The number of aromatic nitrogens is 2. The van der Waals surface area contributed by atoms with Crippen LogP contribution in [-0.4, -0.2) is 46.7 Å². The fourth-order valence-corrected chi connectivity index (χ4v) is 3.18. The van der Waals surface area contributed by atoms with Crippen LogP contribution in [-0.2, 0) is 23.1 Å². The van der Waals surface area contributed by atoms with Crippen molar-refractivity contribution in [1.82, 2.24) is 14.5 Å². The molecule has 2 aromatic rings. The summed E-state index contributed by atoms with van der Waals surface area (Å²) in [5, 5.41) is 0. The minimum absolute atomic E-state index is 0.0293. The molecule has 0 fully saturated rings. The fourth-order valence-electron chi connectivity index (χ4n) is 3.18. The molecule has 25 heavy (non-hydrogen) atoms. The Morgan fingerprint density at radius 1 is 1.32 bits per heavy atom. The summed E-state index contributed by atoms with van der Waals surface area (Å²) in [4.78, 5) is 18.9. The largest absolute Gasteiger partial charge is 0.484 e. The van der Waals surface area contributed by atoms with Gasteiger partial charge in [-0.3, -0.25) is 4.79 Å². The van der Waals surface area contributed by atoms with Gasteiger partial charge in [-0.2, -0.15) is 0 Å². The smallest absolute Gasteiger partial charge is 0.260 e. The van der Waals surface area contributed by atoms with Gasteiger partial charge >= 0.3 is 0 Å². The summed E-state index contributed by atoms with van der Waals surface area (Å²) in [6.07, 6.45) is 1.81. The number of aryl methyl sites for hydroxylation is 2. The molecule has 1 amide bonds. The van der Waals surface area contributed by atoms with Crippen LogP contribution in [0.4, 0.5) is 0 Å². The number of nitrogens with zero attached hydrogens (tertiary/aromatic N) is 3. The van der Waals surface area contributed by atoms with Crippen LogP contribution in [0.25, 0.3) is 0 Å². The predicted octanol–water partition coefficient (Wildman–Crippen LogP) is 2.27. The molecule has 134 valence electrons. The second-order valence-electron chi connectivity index (χ2n) is 6.42. The Hall–Kier alpha value is -2.34. The molecule has 6 heteroatoms. The van der Waals surface area contributed by atoms with E-state index in [1.807, 2.05) is 54.6 Å². The van der Waals surface area contributed by atoms with Crippen molar-refractivity contribution in [2.75, 3.05) is 26.4 Å². The van der Waals surface area contributed by atoms with Crippen LogP contribution in [0.15, 0.2) is 30.6 Å². The molecule has 1 aromatic carbocycles. The molecule has 2 heterocycles. The van der Waals surface area contributed by atoms with Crippen molar-refractivity contribution in [3.63, 3.8) is 0 Å². The summed E-state index contributed by atoms with van der Waals surface area (Å²) < 4.78 is 13.3. The molecular weight excluding hydrogens is 318 g/mol. The minimum Gasteiger partial charge on any atom is -0.484 e. The van der Waals surface area contributed by atoms with E-state index in [0.717, 1.165) is 17.0 Å². The number of imidazole rings is 1. The zero-order chi connectivity index (χ0) is 17.8. The first kappa shape index (κ1) is 17.5. The quantitative estimate of drug-likeness (QED) is 0.807. The third-order valence-electron chi connectivity index (χ3n) is 4.49. The standard InChI is InChI=1S/C19H25N3O3/c1-4-24-11-15-9-22(10-17-19(15)21(3)13-20-17)18(23)12-25-16-7-5-14(2)6-8-16/h5-8,13,15H,4,9-12H2,1-3H3/t15-/m1/s1. The van der Waals surface area contributed by atoms with Gasteiger partial charge in [-0.25, -0.2) is 4.98 Å². The highest BCUT2D eigenvalue weighted by Gasteiger charge is 2.31. The van der Waals surface area contributed by atoms with Crippen molar-refractivity contribution in [3.05, 3.63) is 47.5 Å². The number of amides is 1. The van der Waals surface area contributed by atoms with E-state index in [-0.39, 0.29) is 18.4 Å². The molecule has 0 unspecified atom stereocenters. The van der Waals surface area contributed by atoms with Gasteiger partial charge < -0.3 is 18.9 Å². The highest BCUT2D eigenvalue weighted by atomic mass is 16.5. The Bertz CT molecular complexity index is 724. The Labute approximate surface area is 148 Å². The molecule has 1 aromatic heterocycles. The van der Waals surface area contributed by atoms with Gasteiger partial charge in [0.05, 0.1) is 25.2 Å². The van der Waals surface area contributed by atoms with Gasteiger partial charge in [-0.05, 0) is 26.0 Å². The van der Waals surface area contributed by atoms with Gasteiger partial charge in [-0.1, -0.05) is 17.7 Å². The molecule has 1 aliphatic heterocycles. The van der Waals surface area contributed by atoms with Crippen LogP contribution >= 0.6 is 0 Å². The van der Waals surface area contributed by atoms with E-state index in [1.54, 1.807) is 6.33 Å². The lowest BCUT2D eigenvalue weighted by Gasteiger charge is -2.32. The van der Waals surface area contributed by atoms with Gasteiger partial charge in [-0.15, -0.1) is 0 Å². The summed E-state index contributed by atoms with van der Waals surface area (Å²) in [6, 6.07) is 7.71. The van der Waals surface area contributed by atoms with E-state index in [0.29, 0.717) is 32.1 Å². The molecule has 0 aliphatic carbocycles. The summed E-state index contributed by atoms with van der Waals surface area (Å²) in [6.45, 7) is 6.43. The zero-order valence-corrected chi connectivity index (χ0v) is 15.1. The first-order valence-corrected chi connectivity index (χ1v) is 8.63. The fraction of sp³-hybridized carbons (Fsp3) is 0.474. The number of benzene rings is 1. The predicted molar refractivity (Wildman–Crippen MR) is 94.5 cm³/mol. The molecule has 0 N–H and O–H groups in total. The summed E-state index contributed by atoms with van der Waals surface area (Å²) in [7, 11) is 1.99. The van der Waals surface area contributed by atoms with E-state index in [4.69, 9.17) is 9.47 Å². The third-order valence-corrected chi connectivity index (χ3v) is 4.49. The van der Waals surface area contributed by atoms with Gasteiger partial charge in [0.15, 0.2) is 6.61 Å². The van der Waals surface area contributed by atoms with Crippen molar-refractivity contribution < 1.29 is 14.3 Å². The molecule has 1 aliphatic rings. The maximum absolute atomic E-state index is 12.6. The first-order chi connectivity index (χ1) is 12.1. The molecule has 0 radical (unpaired) electrons. The number of rotatable bonds is 6. The number of fused-ring (bicyclic) bond motifs is 1. The molecule has 6 nitrogen and oxygen atoms in total. The highest BCUT2D eigenvalue weighted by Crippen LogP contribution is 2.27. The van der Waals surface area contributed by atoms with Gasteiger partial charge in [0.2, 0.25) is 0 Å². The van der Waals surface area contributed by atoms with Crippen LogP contribution in [0.2, 0.25) is 0 Å². The van der Waals surface area contributed by atoms with Crippen LogP contribution in [0.3, 0.4) is 0 Å². The maximum atomic E-state index is 12.6. The summed E-state index contributed by atoms with van der Waals surface area (Å²) >= 11 is 0. The topological polar surface area (TPSA) is 56.6 Å². The normalized spacial score (nSPS) is 16.6. The second kappa shape index (κ2) is 7.70. The molecular formula is C19H25N3O3. The third kappa shape index (κ3) is 4.02. The average Bonchev–Trinajstić information content (AvgIpc) is 3.00. The van der Waals surface area contributed by atoms with Gasteiger partial charge in [0, 0.05) is 31.8 Å². The SMILES string of the molecule is CCOC[C@H]1CN(C(=O)COc2ccc(C)cc2)Cc2ncn(C)c21. The van der Waals surface area contributed by atoms with Crippen LogP contribution in [0.5, 0.6) is 5.75 Å². The molecule has 0 bridgehead atoms. The van der Waals surface area contributed by atoms with Crippen molar-refractivity contribution in [1.29, 1.82) is 0 Å². The first-order valence-electron chi connectivity index (χ1n) is 8.63. The Balaban J connectivity index is 1.65. The lowest BCUT2D eigenvalue weighted by molar-refractivity contribution is -0.135. The Morgan fingerprint density at radius 3 is 2.80 bits per heavy atom. The average molecular weight is 343 g/mol. The van der Waals surface area contributed by atoms with Crippen molar-refractivity contribution in [3.8, 4) is 5.75 Å². The number of ether oxygens (including phenoxy) is 2. The monoisotopic (exact) mass is 343 g/mol. The van der Waals surface area contributed by atoms with Crippen molar-refractivity contribution in [2.45, 2.75) is 26.3 Å². The highest BCUT2D eigenvalue weighted by molar-refractivity contribution is 5.78. The zero-order valence-electron chi connectivity index (χ0n) is 15.1. The lowest BCUT2D eigenvalue weighted by atomic mass is 9.99. The maximum Gasteiger partial charge on any atom is 0.260 e. The summed E-state index contributed by atoms with van der Waals surface area (Å²) in [5.41, 5.74) is 3.27. The molecule has 1 atom stereocenters.